The molecule has 5 nitrogen and oxygen atoms in total. The lowest BCUT2D eigenvalue weighted by Gasteiger charge is -2.23. The van der Waals surface area contributed by atoms with E-state index in [2.05, 4.69) is 0 Å². The summed E-state index contributed by atoms with van der Waals surface area (Å²) < 4.78 is 32.4. The number of hydrogen-bond acceptors (Lipinski definition) is 4. The van der Waals surface area contributed by atoms with Crippen LogP contribution in [0.2, 0.25) is 10.0 Å². The van der Waals surface area contributed by atoms with Crippen molar-refractivity contribution >= 4 is 39.2 Å². The summed E-state index contributed by atoms with van der Waals surface area (Å²) >= 11 is 11.9. The highest BCUT2D eigenvalue weighted by molar-refractivity contribution is 7.89. The molecule has 0 spiro atoms. The van der Waals surface area contributed by atoms with Gasteiger partial charge in [-0.25, -0.2) is 8.42 Å². The molecule has 0 N–H and O–H groups in total. The highest BCUT2D eigenvalue weighted by Crippen LogP contribution is 2.32. The van der Waals surface area contributed by atoms with E-state index in [4.69, 9.17) is 27.9 Å². The van der Waals surface area contributed by atoms with Crippen LogP contribution < -0.4 is 0 Å². The van der Waals surface area contributed by atoms with E-state index >= 15 is 0 Å². The molecule has 0 bridgehead atoms. The molecule has 8 heteroatoms. The quantitative estimate of drug-likeness (QED) is 0.697. The van der Waals surface area contributed by atoms with Gasteiger partial charge in [-0.15, -0.1) is 0 Å². The SMILES string of the molecule is O=C(OCc1ccccc1)C1CCCN1S(=O)(=O)c1ccc(Cl)cc1Cl. The molecule has 26 heavy (non-hydrogen) atoms. The Bertz CT molecular complexity index is 903. The molecule has 0 aliphatic carbocycles. The van der Waals surface area contributed by atoms with Gasteiger partial charge in [-0.1, -0.05) is 53.5 Å². The Morgan fingerprint density at radius 3 is 2.58 bits per heavy atom. The van der Waals surface area contributed by atoms with Crippen LogP contribution in [0.25, 0.3) is 0 Å². The fourth-order valence-electron chi connectivity index (χ4n) is 2.90. The van der Waals surface area contributed by atoms with Crippen molar-refractivity contribution < 1.29 is 17.9 Å². The molecule has 2 aromatic rings. The lowest BCUT2D eigenvalue weighted by Crippen LogP contribution is -2.41. The third-order valence-electron chi connectivity index (χ3n) is 4.18. The standard InChI is InChI=1S/C18H17Cl2NO4S/c19-14-8-9-17(15(20)11-14)26(23,24)21-10-4-7-16(21)18(22)25-12-13-5-2-1-3-6-13/h1-3,5-6,8-9,11,16H,4,7,10,12H2. The Morgan fingerprint density at radius 2 is 1.88 bits per heavy atom. The second kappa shape index (κ2) is 7.96. The minimum Gasteiger partial charge on any atom is -0.460 e. The largest absolute Gasteiger partial charge is 0.460 e. The van der Waals surface area contributed by atoms with Crippen LogP contribution in [-0.4, -0.2) is 31.3 Å². The zero-order valence-electron chi connectivity index (χ0n) is 13.8. The van der Waals surface area contributed by atoms with Crippen LogP contribution in [-0.2, 0) is 26.2 Å². The molecule has 1 fully saturated rings. The summed E-state index contributed by atoms with van der Waals surface area (Å²) in [5.41, 5.74) is 0.842. The summed E-state index contributed by atoms with van der Waals surface area (Å²) in [6, 6.07) is 12.6. The Kier molecular flexibility index (Phi) is 5.87. The van der Waals surface area contributed by atoms with Gasteiger partial charge in [0.05, 0.1) is 5.02 Å². The van der Waals surface area contributed by atoms with Crippen molar-refractivity contribution in [1.29, 1.82) is 0 Å². The van der Waals surface area contributed by atoms with Crippen LogP contribution in [0.15, 0.2) is 53.4 Å². The third-order valence-corrected chi connectivity index (χ3v) is 6.81. The first-order chi connectivity index (χ1) is 12.4. The van der Waals surface area contributed by atoms with Crippen LogP contribution in [0.4, 0.5) is 0 Å². The van der Waals surface area contributed by atoms with Crippen LogP contribution >= 0.6 is 23.2 Å². The third kappa shape index (κ3) is 4.04. The molecule has 1 heterocycles. The van der Waals surface area contributed by atoms with Gasteiger partial charge in [-0.3, -0.25) is 4.79 Å². The second-order valence-electron chi connectivity index (χ2n) is 5.94. The molecule has 3 rings (SSSR count). The van der Waals surface area contributed by atoms with Gasteiger partial charge in [-0.2, -0.15) is 4.31 Å². The van der Waals surface area contributed by atoms with Crippen molar-refractivity contribution in [2.45, 2.75) is 30.4 Å². The molecule has 0 radical (unpaired) electrons. The minimum atomic E-state index is -3.92. The van der Waals surface area contributed by atoms with Gasteiger partial charge in [0.2, 0.25) is 10.0 Å². The molecular weight excluding hydrogens is 397 g/mol. The Labute approximate surface area is 162 Å². The average Bonchev–Trinajstić information content (AvgIpc) is 3.11. The first-order valence-electron chi connectivity index (χ1n) is 8.07. The molecule has 1 atom stereocenters. The van der Waals surface area contributed by atoms with E-state index in [9.17, 15) is 13.2 Å². The monoisotopic (exact) mass is 413 g/mol. The number of ether oxygens (including phenoxy) is 1. The van der Waals surface area contributed by atoms with Crippen LogP contribution in [0, 0.1) is 0 Å². The lowest BCUT2D eigenvalue weighted by molar-refractivity contribution is -0.148. The highest BCUT2D eigenvalue weighted by atomic mass is 35.5. The number of halogens is 2. The molecule has 0 aromatic heterocycles. The summed E-state index contributed by atoms with van der Waals surface area (Å²) in [6.45, 7) is 0.345. The van der Waals surface area contributed by atoms with E-state index in [0.29, 0.717) is 17.9 Å². The van der Waals surface area contributed by atoms with Crippen molar-refractivity contribution in [2.75, 3.05) is 6.54 Å². The maximum Gasteiger partial charge on any atom is 0.324 e. The van der Waals surface area contributed by atoms with Gasteiger partial charge in [0.1, 0.15) is 17.5 Å². The van der Waals surface area contributed by atoms with Crippen LogP contribution in [0.3, 0.4) is 0 Å². The van der Waals surface area contributed by atoms with E-state index < -0.39 is 22.0 Å². The van der Waals surface area contributed by atoms with E-state index in [-0.39, 0.29) is 23.1 Å². The average molecular weight is 414 g/mol. The molecule has 1 aliphatic heterocycles. The normalized spacial score (nSPS) is 18.0. The van der Waals surface area contributed by atoms with Crippen molar-refractivity contribution in [3.63, 3.8) is 0 Å². The number of benzene rings is 2. The predicted octanol–water partition coefficient (Wildman–Crippen LogP) is 3.89. The zero-order valence-corrected chi connectivity index (χ0v) is 16.1. The Balaban J connectivity index is 1.77. The summed E-state index contributed by atoms with van der Waals surface area (Å²) in [4.78, 5) is 12.4. The van der Waals surface area contributed by atoms with Crippen molar-refractivity contribution in [3.05, 3.63) is 64.1 Å². The summed E-state index contributed by atoms with van der Waals surface area (Å²) in [7, 11) is -3.92. The first-order valence-corrected chi connectivity index (χ1v) is 10.3. The Morgan fingerprint density at radius 1 is 1.15 bits per heavy atom. The van der Waals surface area contributed by atoms with Crippen LogP contribution in [0.1, 0.15) is 18.4 Å². The number of hydrogen-bond donors (Lipinski definition) is 0. The fraction of sp³-hybridized carbons (Fsp3) is 0.278. The molecule has 138 valence electrons. The summed E-state index contributed by atoms with van der Waals surface area (Å²) in [5, 5.41) is 0.370. The van der Waals surface area contributed by atoms with Gasteiger partial charge in [0.25, 0.3) is 0 Å². The molecular formula is C18H17Cl2NO4S. The summed E-state index contributed by atoms with van der Waals surface area (Å²) in [6.07, 6.45) is 0.994. The zero-order chi connectivity index (χ0) is 18.7. The lowest BCUT2D eigenvalue weighted by atomic mass is 10.2. The molecule has 1 saturated heterocycles. The molecule has 0 saturated carbocycles. The summed E-state index contributed by atoms with van der Waals surface area (Å²) in [5.74, 6) is -0.556. The number of sulfonamides is 1. The predicted molar refractivity (Wildman–Crippen MR) is 99.6 cm³/mol. The number of rotatable bonds is 5. The van der Waals surface area contributed by atoms with E-state index in [1.54, 1.807) is 0 Å². The number of carbonyl (C=O) groups is 1. The first kappa shape index (κ1) is 19.2. The molecule has 1 unspecified atom stereocenters. The van der Waals surface area contributed by atoms with E-state index in [1.807, 2.05) is 30.3 Å². The smallest absolute Gasteiger partial charge is 0.324 e. The van der Waals surface area contributed by atoms with Crippen molar-refractivity contribution in [3.8, 4) is 0 Å². The van der Waals surface area contributed by atoms with Crippen molar-refractivity contribution in [2.24, 2.45) is 0 Å². The Hall–Kier alpha value is -1.60. The van der Waals surface area contributed by atoms with Gasteiger partial charge in [-0.05, 0) is 36.6 Å². The van der Waals surface area contributed by atoms with Crippen molar-refractivity contribution in [1.82, 2.24) is 4.31 Å². The van der Waals surface area contributed by atoms with E-state index in [0.717, 1.165) is 9.87 Å². The second-order valence-corrected chi connectivity index (χ2v) is 8.64. The number of esters is 1. The van der Waals surface area contributed by atoms with Gasteiger partial charge in [0.15, 0.2) is 0 Å². The molecule has 0 amide bonds. The number of nitrogens with zero attached hydrogens (tertiary/aromatic N) is 1. The molecule has 2 aromatic carbocycles. The van der Waals surface area contributed by atoms with Crippen LogP contribution in [0.5, 0.6) is 0 Å². The number of carbonyl (C=O) groups excluding carboxylic acids is 1. The topological polar surface area (TPSA) is 63.7 Å². The minimum absolute atomic E-state index is 0.0285. The van der Waals surface area contributed by atoms with Gasteiger partial charge >= 0.3 is 5.97 Å². The van der Waals surface area contributed by atoms with Gasteiger partial charge in [0, 0.05) is 11.6 Å². The van der Waals surface area contributed by atoms with E-state index in [1.165, 1.54) is 18.2 Å². The maximum absolute atomic E-state index is 12.9. The maximum atomic E-state index is 12.9. The van der Waals surface area contributed by atoms with Gasteiger partial charge < -0.3 is 4.74 Å². The fourth-order valence-corrected chi connectivity index (χ4v) is 5.29. The molecule has 1 aliphatic rings. The highest BCUT2D eigenvalue weighted by Gasteiger charge is 2.41.